The molecule has 152 valence electrons. The van der Waals surface area contributed by atoms with E-state index in [4.69, 9.17) is 0 Å². The van der Waals surface area contributed by atoms with E-state index >= 15 is 0 Å². The SMILES string of the molecule is CCc1cnc(-c2ccc3c(c2)CC[C@H]3N2CC3(CCNCC3)C2)nc1.Cl.Cl. The fourth-order valence-corrected chi connectivity index (χ4v) is 5.11. The minimum Gasteiger partial charge on any atom is -0.317 e. The normalized spacial score (nSPS) is 22.7. The lowest BCUT2D eigenvalue weighted by molar-refractivity contribution is -0.0512. The molecule has 1 spiro atoms. The molecule has 0 unspecified atom stereocenters. The molecule has 2 aromatic rings. The number of halogens is 2. The highest BCUT2D eigenvalue weighted by molar-refractivity contribution is 5.85. The highest BCUT2D eigenvalue weighted by Crippen LogP contribution is 2.47. The monoisotopic (exact) mass is 420 g/mol. The lowest BCUT2D eigenvalue weighted by Crippen LogP contribution is -2.60. The van der Waals surface area contributed by atoms with E-state index in [-0.39, 0.29) is 24.8 Å². The van der Waals surface area contributed by atoms with Gasteiger partial charge in [0.05, 0.1) is 0 Å². The topological polar surface area (TPSA) is 41.1 Å². The van der Waals surface area contributed by atoms with Crippen molar-refractivity contribution in [3.8, 4) is 11.4 Å². The lowest BCUT2D eigenvalue weighted by atomic mass is 9.71. The molecule has 28 heavy (non-hydrogen) atoms. The molecule has 0 bridgehead atoms. The fraction of sp³-hybridized carbons (Fsp3) is 0.545. The van der Waals surface area contributed by atoms with E-state index in [1.54, 1.807) is 5.56 Å². The molecular formula is C22H30Cl2N4. The molecule has 1 aliphatic carbocycles. The van der Waals surface area contributed by atoms with Gasteiger partial charge in [-0.3, -0.25) is 4.90 Å². The number of aryl methyl sites for hydroxylation is 2. The van der Waals surface area contributed by atoms with Crippen molar-refractivity contribution in [3.05, 3.63) is 47.3 Å². The molecule has 2 fully saturated rings. The molecule has 1 N–H and O–H groups in total. The van der Waals surface area contributed by atoms with E-state index < -0.39 is 0 Å². The van der Waals surface area contributed by atoms with Crippen molar-refractivity contribution >= 4 is 24.8 Å². The summed E-state index contributed by atoms with van der Waals surface area (Å²) in [6.45, 7) is 7.13. The largest absolute Gasteiger partial charge is 0.317 e. The Labute approximate surface area is 180 Å². The predicted octanol–water partition coefficient (Wildman–Crippen LogP) is 4.22. The quantitative estimate of drug-likeness (QED) is 0.806. The molecule has 1 aromatic carbocycles. The number of likely N-dealkylation sites (tertiary alicyclic amines) is 1. The number of piperidine rings is 1. The molecular weight excluding hydrogens is 391 g/mol. The van der Waals surface area contributed by atoms with Crippen LogP contribution in [0.2, 0.25) is 0 Å². The van der Waals surface area contributed by atoms with Crippen LogP contribution in [0.25, 0.3) is 11.4 Å². The third-order valence-electron chi connectivity index (χ3n) is 6.74. The van der Waals surface area contributed by atoms with Gasteiger partial charge in [0.1, 0.15) is 0 Å². The van der Waals surface area contributed by atoms with Crippen LogP contribution in [0.15, 0.2) is 30.6 Å². The number of fused-ring (bicyclic) bond motifs is 1. The molecule has 0 radical (unpaired) electrons. The van der Waals surface area contributed by atoms with Crippen molar-refractivity contribution in [2.24, 2.45) is 5.41 Å². The fourth-order valence-electron chi connectivity index (χ4n) is 5.11. The van der Waals surface area contributed by atoms with Crippen molar-refractivity contribution < 1.29 is 0 Å². The van der Waals surface area contributed by atoms with Crippen LogP contribution in [0.3, 0.4) is 0 Å². The Morgan fingerprint density at radius 3 is 2.50 bits per heavy atom. The van der Waals surface area contributed by atoms with Gasteiger partial charge in [-0.25, -0.2) is 9.97 Å². The van der Waals surface area contributed by atoms with Crippen LogP contribution >= 0.6 is 24.8 Å². The van der Waals surface area contributed by atoms with Gasteiger partial charge in [-0.1, -0.05) is 19.1 Å². The maximum Gasteiger partial charge on any atom is 0.159 e. The van der Waals surface area contributed by atoms with Crippen molar-refractivity contribution in [3.63, 3.8) is 0 Å². The van der Waals surface area contributed by atoms with Gasteiger partial charge in [-0.05, 0) is 73.4 Å². The molecule has 0 saturated carbocycles. The molecule has 1 atom stereocenters. The molecule has 3 heterocycles. The van der Waals surface area contributed by atoms with Gasteiger partial charge in [0.2, 0.25) is 0 Å². The Morgan fingerprint density at radius 2 is 1.82 bits per heavy atom. The second kappa shape index (κ2) is 8.66. The second-order valence-corrected chi connectivity index (χ2v) is 8.39. The number of nitrogens with one attached hydrogen (secondary N) is 1. The summed E-state index contributed by atoms with van der Waals surface area (Å²) >= 11 is 0. The maximum atomic E-state index is 4.56. The van der Waals surface area contributed by atoms with Gasteiger partial charge in [0.15, 0.2) is 5.82 Å². The number of hydrogen-bond acceptors (Lipinski definition) is 4. The van der Waals surface area contributed by atoms with Crippen LogP contribution in [0.5, 0.6) is 0 Å². The Balaban J connectivity index is 0.00000112. The van der Waals surface area contributed by atoms with Gasteiger partial charge < -0.3 is 5.32 Å². The van der Waals surface area contributed by atoms with E-state index in [0.717, 1.165) is 17.8 Å². The Hall–Kier alpha value is -1.20. The second-order valence-electron chi connectivity index (χ2n) is 8.39. The average molecular weight is 421 g/mol. The number of hydrogen-bond donors (Lipinski definition) is 1. The average Bonchev–Trinajstić information content (AvgIpc) is 3.09. The Kier molecular flexibility index (Phi) is 6.65. The number of benzene rings is 1. The van der Waals surface area contributed by atoms with Crippen molar-refractivity contribution in [1.29, 1.82) is 0 Å². The summed E-state index contributed by atoms with van der Waals surface area (Å²) in [4.78, 5) is 11.8. The van der Waals surface area contributed by atoms with Crippen LogP contribution in [0.4, 0.5) is 0 Å². The van der Waals surface area contributed by atoms with Gasteiger partial charge in [0, 0.05) is 37.1 Å². The van der Waals surface area contributed by atoms with Gasteiger partial charge in [-0.15, -0.1) is 24.8 Å². The molecule has 2 aliphatic heterocycles. The molecule has 0 amide bonds. The molecule has 6 heteroatoms. The summed E-state index contributed by atoms with van der Waals surface area (Å²) in [7, 11) is 0. The van der Waals surface area contributed by atoms with E-state index in [1.165, 1.54) is 63.0 Å². The summed E-state index contributed by atoms with van der Waals surface area (Å²) in [6, 6.07) is 7.52. The highest BCUT2D eigenvalue weighted by Gasteiger charge is 2.46. The van der Waals surface area contributed by atoms with E-state index in [0.29, 0.717) is 11.5 Å². The van der Waals surface area contributed by atoms with Crippen LogP contribution < -0.4 is 5.32 Å². The van der Waals surface area contributed by atoms with Crippen LogP contribution in [-0.4, -0.2) is 41.0 Å². The summed E-state index contributed by atoms with van der Waals surface area (Å²) in [5.41, 5.74) is 6.01. The minimum atomic E-state index is 0. The lowest BCUT2D eigenvalue weighted by Gasteiger charge is -2.55. The Morgan fingerprint density at radius 1 is 1.11 bits per heavy atom. The van der Waals surface area contributed by atoms with Crippen molar-refractivity contribution in [1.82, 2.24) is 20.2 Å². The zero-order valence-corrected chi connectivity index (χ0v) is 18.1. The van der Waals surface area contributed by atoms with Crippen molar-refractivity contribution in [2.75, 3.05) is 26.2 Å². The third kappa shape index (κ3) is 3.80. The van der Waals surface area contributed by atoms with E-state index in [9.17, 15) is 0 Å². The third-order valence-corrected chi connectivity index (χ3v) is 6.74. The summed E-state index contributed by atoms with van der Waals surface area (Å²) < 4.78 is 0. The van der Waals surface area contributed by atoms with Crippen LogP contribution in [0, 0.1) is 5.41 Å². The van der Waals surface area contributed by atoms with Gasteiger partial charge in [0.25, 0.3) is 0 Å². The predicted molar refractivity (Wildman–Crippen MR) is 119 cm³/mol. The highest BCUT2D eigenvalue weighted by atomic mass is 35.5. The number of aromatic nitrogens is 2. The zero-order chi connectivity index (χ0) is 17.6. The molecule has 5 rings (SSSR count). The molecule has 3 aliphatic rings. The van der Waals surface area contributed by atoms with Crippen LogP contribution in [-0.2, 0) is 12.8 Å². The zero-order valence-electron chi connectivity index (χ0n) is 16.5. The summed E-state index contributed by atoms with van der Waals surface area (Å²) in [5.74, 6) is 0.853. The summed E-state index contributed by atoms with van der Waals surface area (Å²) in [6.07, 6.45) is 10.1. The van der Waals surface area contributed by atoms with Gasteiger partial charge in [-0.2, -0.15) is 0 Å². The maximum absolute atomic E-state index is 4.56. The molecule has 4 nitrogen and oxygen atoms in total. The standard InChI is InChI=1S/C22H28N4.2ClH/c1-2-16-12-24-21(25-13-16)18-3-5-19-17(11-18)4-6-20(19)26-14-22(15-26)7-9-23-10-8-22;;/h3,5,11-13,20,23H,2,4,6-10,14-15H2,1H3;2*1H/t20-;;/m1../s1. The first-order valence-electron chi connectivity index (χ1n) is 10.2. The smallest absolute Gasteiger partial charge is 0.159 e. The van der Waals surface area contributed by atoms with E-state index in [2.05, 4.69) is 45.3 Å². The molecule has 2 saturated heterocycles. The first-order chi connectivity index (χ1) is 12.8. The van der Waals surface area contributed by atoms with E-state index in [1.807, 2.05) is 12.4 Å². The number of nitrogens with zero attached hydrogens (tertiary/aromatic N) is 3. The van der Waals surface area contributed by atoms with Gasteiger partial charge >= 0.3 is 0 Å². The minimum absolute atomic E-state index is 0. The molecule has 1 aromatic heterocycles. The van der Waals surface area contributed by atoms with Crippen LogP contribution in [0.1, 0.15) is 48.9 Å². The first-order valence-corrected chi connectivity index (χ1v) is 10.2. The van der Waals surface area contributed by atoms with Crippen molar-refractivity contribution in [2.45, 2.75) is 45.1 Å². The first kappa shape index (κ1) is 21.5. The Bertz CT molecular complexity index is 795. The summed E-state index contributed by atoms with van der Waals surface area (Å²) in [5, 5.41) is 3.51. The number of rotatable bonds is 3.